The lowest BCUT2D eigenvalue weighted by atomic mass is 10.2. The van der Waals surface area contributed by atoms with Crippen LogP contribution >= 0.6 is 11.6 Å². The van der Waals surface area contributed by atoms with Gasteiger partial charge in [0.15, 0.2) is 11.5 Å². The number of hydrogen-bond donors (Lipinski definition) is 2. The zero-order valence-corrected chi connectivity index (χ0v) is 13.1. The second-order valence-corrected chi connectivity index (χ2v) is 5.84. The predicted octanol–water partition coefficient (Wildman–Crippen LogP) is 1.76. The predicted molar refractivity (Wildman–Crippen MR) is 88.9 cm³/mol. The number of H-pyrrole nitrogens is 2. The second kappa shape index (κ2) is 4.60. The molecule has 0 saturated carbocycles. The molecule has 23 heavy (non-hydrogen) atoms. The Morgan fingerprint density at radius 1 is 1.09 bits per heavy atom. The van der Waals surface area contributed by atoms with E-state index in [1.165, 1.54) is 11.6 Å². The average Bonchev–Trinajstić information content (AvgIpc) is 3.14. The lowest BCUT2D eigenvalue weighted by molar-refractivity contribution is 0.709. The van der Waals surface area contributed by atoms with Crippen molar-refractivity contribution in [3.63, 3.8) is 0 Å². The van der Waals surface area contributed by atoms with Crippen molar-refractivity contribution in [3.8, 4) is 11.5 Å². The zero-order valence-electron chi connectivity index (χ0n) is 12.3. The van der Waals surface area contributed by atoms with Crippen molar-refractivity contribution in [1.29, 1.82) is 0 Å². The highest BCUT2D eigenvalue weighted by molar-refractivity contribution is 6.31. The van der Waals surface area contributed by atoms with Crippen molar-refractivity contribution in [2.24, 2.45) is 14.1 Å². The van der Waals surface area contributed by atoms with Crippen molar-refractivity contribution in [3.05, 3.63) is 50.1 Å². The van der Waals surface area contributed by atoms with Crippen LogP contribution in [0, 0.1) is 0 Å². The van der Waals surface area contributed by atoms with Crippen LogP contribution in [0.3, 0.4) is 0 Å². The maximum Gasteiger partial charge on any atom is 0.332 e. The van der Waals surface area contributed by atoms with Crippen molar-refractivity contribution in [2.75, 3.05) is 0 Å². The molecule has 3 heterocycles. The van der Waals surface area contributed by atoms with Gasteiger partial charge in [0, 0.05) is 30.0 Å². The summed E-state index contributed by atoms with van der Waals surface area (Å²) < 4.78 is 2.39. The van der Waals surface area contributed by atoms with E-state index in [2.05, 4.69) is 15.0 Å². The highest BCUT2D eigenvalue weighted by Crippen LogP contribution is 2.25. The van der Waals surface area contributed by atoms with Gasteiger partial charge in [-0.25, -0.2) is 9.78 Å². The first kappa shape index (κ1) is 13.8. The van der Waals surface area contributed by atoms with Crippen LogP contribution in [0.2, 0.25) is 5.02 Å². The summed E-state index contributed by atoms with van der Waals surface area (Å²) in [5, 5.41) is 1.61. The van der Waals surface area contributed by atoms with Gasteiger partial charge in [0.25, 0.3) is 5.56 Å². The van der Waals surface area contributed by atoms with Crippen LogP contribution < -0.4 is 11.2 Å². The molecule has 2 N–H and O–H groups in total. The quantitative estimate of drug-likeness (QED) is 0.557. The minimum atomic E-state index is -0.413. The summed E-state index contributed by atoms with van der Waals surface area (Å²) >= 11 is 5.99. The van der Waals surface area contributed by atoms with Gasteiger partial charge in [0.1, 0.15) is 5.52 Å². The first-order valence-corrected chi connectivity index (χ1v) is 7.28. The Bertz CT molecular complexity index is 1190. The molecule has 0 fully saturated rings. The van der Waals surface area contributed by atoms with Gasteiger partial charge < -0.3 is 9.97 Å². The molecule has 0 saturated heterocycles. The van der Waals surface area contributed by atoms with Crippen LogP contribution in [-0.4, -0.2) is 24.1 Å². The van der Waals surface area contributed by atoms with Gasteiger partial charge in [-0.2, -0.15) is 0 Å². The SMILES string of the molecule is Cn1c(=O)c2[nH]c(-c3cc4ccc(Cl)cc4[nH]3)nc2n(C)c1=O. The van der Waals surface area contributed by atoms with Crippen molar-refractivity contribution < 1.29 is 0 Å². The van der Waals surface area contributed by atoms with E-state index in [-0.39, 0.29) is 0 Å². The summed E-state index contributed by atoms with van der Waals surface area (Å²) in [6.45, 7) is 0. The van der Waals surface area contributed by atoms with E-state index in [9.17, 15) is 9.59 Å². The molecule has 8 heteroatoms. The van der Waals surface area contributed by atoms with Crippen molar-refractivity contribution in [2.45, 2.75) is 0 Å². The number of halogens is 1. The molecule has 0 amide bonds. The molecule has 0 atom stereocenters. The van der Waals surface area contributed by atoms with E-state index < -0.39 is 11.2 Å². The first-order chi connectivity index (χ1) is 11.0. The fourth-order valence-corrected chi connectivity index (χ4v) is 2.85. The third kappa shape index (κ3) is 1.93. The van der Waals surface area contributed by atoms with Gasteiger partial charge in [-0.05, 0) is 18.2 Å². The van der Waals surface area contributed by atoms with Crippen LogP contribution in [0.1, 0.15) is 0 Å². The molecule has 0 bridgehead atoms. The van der Waals surface area contributed by atoms with E-state index >= 15 is 0 Å². The average molecular weight is 330 g/mol. The van der Waals surface area contributed by atoms with Gasteiger partial charge in [-0.1, -0.05) is 17.7 Å². The number of nitrogens with zero attached hydrogens (tertiary/aromatic N) is 3. The van der Waals surface area contributed by atoms with Gasteiger partial charge in [0.2, 0.25) is 0 Å². The van der Waals surface area contributed by atoms with Crippen molar-refractivity contribution in [1.82, 2.24) is 24.1 Å². The van der Waals surface area contributed by atoms with Gasteiger partial charge in [-0.15, -0.1) is 0 Å². The van der Waals surface area contributed by atoms with Crippen LogP contribution in [0.15, 0.2) is 33.9 Å². The molecular weight excluding hydrogens is 318 g/mol. The lowest BCUT2D eigenvalue weighted by Crippen LogP contribution is -2.36. The summed E-state index contributed by atoms with van der Waals surface area (Å²) in [5.41, 5.74) is 1.39. The van der Waals surface area contributed by atoms with E-state index in [0.717, 1.165) is 15.5 Å². The standard InChI is InChI=1S/C15H12ClN5O2/c1-20-13-11(14(22)21(2)15(20)23)18-12(19-13)10-5-7-3-4-8(16)6-9(7)17-10/h3-6,17H,1-2H3,(H,18,19). The third-order valence-electron chi connectivity index (χ3n) is 3.93. The van der Waals surface area contributed by atoms with Gasteiger partial charge in [-0.3, -0.25) is 13.9 Å². The van der Waals surface area contributed by atoms with Crippen LogP contribution in [0.25, 0.3) is 33.6 Å². The fourth-order valence-electron chi connectivity index (χ4n) is 2.68. The summed E-state index contributed by atoms with van der Waals surface area (Å²) in [7, 11) is 3.02. The molecule has 116 valence electrons. The fraction of sp³-hybridized carbons (Fsp3) is 0.133. The van der Waals surface area contributed by atoms with Gasteiger partial charge in [0.05, 0.1) is 5.69 Å². The molecule has 1 aromatic carbocycles. The molecule has 4 rings (SSSR count). The zero-order chi connectivity index (χ0) is 16.3. The second-order valence-electron chi connectivity index (χ2n) is 5.40. The number of benzene rings is 1. The monoisotopic (exact) mass is 329 g/mol. The number of hydrogen-bond acceptors (Lipinski definition) is 3. The Balaban J connectivity index is 2.01. The minimum absolute atomic E-state index is 0.293. The molecule has 0 aliphatic rings. The topological polar surface area (TPSA) is 88.5 Å². The maximum atomic E-state index is 12.2. The summed E-state index contributed by atoms with van der Waals surface area (Å²) in [6, 6.07) is 7.43. The molecule has 0 radical (unpaired) electrons. The highest BCUT2D eigenvalue weighted by atomic mass is 35.5. The molecule has 3 aromatic heterocycles. The Labute approximate surface area is 134 Å². The molecule has 0 aliphatic carbocycles. The lowest BCUT2D eigenvalue weighted by Gasteiger charge is -2.00. The smallest absolute Gasteiger partial charge is 0.332 e. The number of fused-ring (bicyclic) bond motifs is 2. The number of aromatic amines is 2. The Kier molecular flexibility index (Phi) is 2.76. The summed E-state index contributed by atoms with van der Waals surface area (Å²) in [6.07, 6.45) is 0. The number of imidazole rings is 1. The maximum absolute atomic E-state index is 12.2. The van der Waals surface area contributed by atoms with E-state index in [1.54, 1.807) is 13.1 Å². The molecular formula is C15H12ClN5O2. The third-order valence-corrected chi connectivity index (χ3v) is 4.17. The number of nitrogens with one attached hydrogen (secondary N) is 2. The summed E-state index contributed by atoms with van der Waals surface area (Å²) in [5.74, 6) is 0.491. The molecule has 0 spiro atoms. The van der Waals surface area contributed by atoms with Crippen LogP contribution in [0.4, 0.5) is 0 Å². The van der Waals surface area contributed by atoms with Gasteiger partial charge >= 0.3 is 5.69 Å². The largest absolute Gasteiger partial charge is 0.352 e. The number of aromatic nitrogens is 5. The molecule has 0 aliphatic heterocycles. The van der Waals surface area contributed by atoms with Crippen LogP contribution in [-0.2, 0) is 14.1 Å². The van der Waals surface area contributed by atoms with Crippen molar-refractivity contribution >= 4 is 33.7 Å². The highest BCUT2D eigenvalue weighted by Gasteiger charge is 2.15. The first-order valence-electron chi connectivity index (χ1n) is 6.90. The Hall–Kier alpha value is -2.80. The molecule has 4 aromatic rings. The number of aryl methyl sites for hydroxylation is 1. The summed E-state index contributed by atoms with van der Waals surface area (Å²) in [4.78, 5) is 34.8. The normalized spacial score (nSPS) is 11.6. The van der Waals surface area contributed by atoms with E-state index in [4.69, 9.17) is 11.6 Å². The molecule has 7 nitrogen and oxygen atoms in total. The molecule has 0 unspecified atom stereocenters. The minimum Gasteiger partial charge on any atom is -0.352 e. The van der Waals surface area contributed by atoms with E-state index in [0.29, 0.717) is 27.7 Å². The van der Waals surface area contributed by atoms with Crippen LogP contribution in [0.5, 0.6) is 0 Å². The number of rotatable bonds is 1. The van der Waals surface area contributed by atoms with E-state index in [1.807, 2.05) is 18.2 Å². The Morgan fingerprint density at radius 2 is 1.87 bits per heavy atom. The Morgan fingerprint density at radius 3 is 2.65 bits per heavy atom.